The summed E-state index contributed by atoms with van der Waals surface area (Å²) < 4.78 is 7.00. The van der Waals surface area contributed by atoms with Gasteiger partial charge in [0.25, 0.3) is 5.91 Å². The largest absolute Gasteiger partial charge is 0.497 e. The van der Waals surface area contributed by atoms with Crippen molar-refractivity contribution < 1.29 is 14.5 Å². The maximum atomic E-state index is 13.3. The van der Waals surface area contributed by atoms with Crippen LogP contribution in [-0.4, -0.2) is 29.1 Å². The summed E-state index contributed by atoms with van der Waals surface area (Å²) in [4.78, 5) is 28.9. The van der Waals surface area contributed by atoms with Crippen LogP contribution in [0.4, 0.5) is 10.1 Å². The average Bonchev–Trinajstić information content (AvgIpc) is 3.40. The molecule has 8 nitrogen and oxygen atoms in total. The molecule has 0 bridgehead atoms. The van der Waals surface area contributed by atoms with Gasteiger partial charge in [0.15, 0.2) is 0 Å². The molecule has 2 aromatic heterocycles. The lowest BCUT2D eigenvalue weighted by Gasteiger charge is -2.14. The molecule has 0 atom stereocenters. The lowest BCUT2D eigenvalue weighted by Crippen LogP contribution is -2.25. The van der Waals surface area contributed by atoms with Crippen molar-refractivity contribution in [3.63, 3.8) is 0 Å². The summed E-state index contributed by atoms with van der Waals surface area (Å²) in [5, 5.41) is 16.8. The minimum absolute atomic E-state index is 0.00282. The molecule has 0 aliphatic heterocycles. The molecule has 0 fully saturated rings. The predicted molar refractivity (Wildman–Crippen MR) is 126 cm³/mol. The molecule has 4 rings (SSSR count). The number of thiazole rings is 1. The van der Waals surface area contributed by atoms with Gasteiger partial charge in [-0.05, 0) is 42.5 Å². The molecule has 0 unspecified atom stereocenters. The van der Waals surface area contributed by atoms with Crippen LogP contribution in [0.2, 0.25) is 0 Å². The lowest BCUT2D eigenvalue weighted by atomic mass is 10.2. The Morgan fingerprint density at radius 1 is 1.23 bits per heavy atom. The van der Waals surface area contributed by atoms with E-state index in [-0.39, 0.29) is 5.00 Å². The van der Waals surface area contributed by atoms with E-state index in [1.54, 1.807) is 30.3 Å². The third-order valence-electron chi connectivity index (χ3n) is 4.12. The van der Waals surface area contributed by atoms with Crippen LogP contribution >= 0.6 is 38.6 Å². The second-order valence-electron chi connectivity index (χ2n) is 6.14. The van der Waals surface area contributed by atoms with Crippen molar-refractivity contribution in [3.8, 4) is 5.75 Å². The molecule has 0 saturated carbocycles. The highest BCUT2D eigenvalue weighted by Crippen LogP contribution is 2.32. The van der Waals surface area contributed by atoms with Gasteiger partial charge in [0.1, 0.15) is 5.75 Å². The molecule has 11 heteroatoms. The number of aromatic nitrogens is 1. The molecule has 0 aliphatic carbocycles. The van der Waals surface area contributed by atoms with Gasteiger partial charge < -0.3 is 4.74 Å². The van der Waals surface area contributed by atoms with E-state index in [0.29, 0.717) is 21.3 Å². The van der Waals surface area contributed by atoms with Gasteiger partial charge in [-0.25, -0.2) is 4.98 Å². The van der Waals surface area contributed by atoms with Crippen LogP contribution in [0.5, 0.6) is 5.75 Å². The Balaban J connectivity index is 1.75. The number of ether oxygens (including phenoxy) is 1. The number of methoxy groups -OCH3 is 1. The first-order chi connectivity index (χ1) is 14.9. The van der Waals surface area contributed by atoms with Crippen molar-refractivity contribution in [1.82, 2.24) is 4.98 Å². The smallest absolute Gasteiger partial charge is 0.324 e. The van der Waals surface area contributed by atoms with Crippen LogP contribution in [0, 0.1) is 10.1 Å². The Kier molecular flexibility index (Phi) is 6.07. The number of benzene rings is 2. The fourth-order valence-corrected chi connectivity index (χ4v) is 4.83. The Morgan fingerprint density at radius 3 is 2.81 bits per heavy atom. The van der Waals surface area contributed by atoms with E-state index in [1.807, 2.05) is 18.2 Å². The van der Waals surface area contributed by atoms with Crippen molar-refractivity contribution in [2.45, 2.75) is 0 Å². The number of nitro groups is 1. The Bertz CT molecular complexity index is 1320. The van der Waals surface area contributed by atoms with Crippen molar-refractivity contribution in [1.29, 1.82) is 0 Å². The minimum atomic E-state index is -0.466. The number of fused-ring (bicyclic) bond motifs is 1. The van der Waals surface area contributed by atoms with Gasteiger partial charge in [0.2, 0.25) is 5.13 Å². The fraction of sp³-hybridized carbons (Fsp3) is 0.0500. The summed E-state index contributed by atoms with van der Waals surface area (Å²) in [6.07, 6.45) is 1.41. The number of carbonyl (C=O) groups is 1. The van der Waals surface area contributed by atoms with Crippen LogP contribution in [0.25, 0.3) is 10.2 Å². The van der Waals surface area contributed by atoms with Gasteiger partial charge in [0, 0.05) is 16.1 Å². The summed E-state index contributed by atoms with van der Waals surface area (Å²) in [5.41, 5.74) is 1.10. The standard InChI is InChI=1S/C20H13BrN4O4S2/c1-29-14-4-2-3-12(9-14)19(26)24(22-11-15-6-8-18(30-15)25(27)28)20-23-16-7-5-13(21)10-17(16)31-20/h2-11H,1H3/b22-11+. The zero-order chi connectivity index (χ0) is 22.0. The maximum Gasteiger partial charge on any atom is 0.324 e. The van der Waals surface area contributed by atoms with E-state index >= 15 is 0 Å². The lowest BCUT2D eigenvalue weighted by molar-refractivity contribution is -0.380. The fourth-order valence-electron chi connectivity index (χ4n) is 2.67. The summed E-state index contributed by atoms with van der Waals surface area (Å²) >= 11 is 5.72. The molecular weight excluding hydrogens is 504 g/mol. The van der Waals surface area contributed by atoms with E-state index in [0.717, 1.165) is 26.0 Å². The molecule has 1 amide bonds. The van der Waals surface area contributed by atoms with Gasteiger partial charge in [-0.1, -0.05) is 44.7 Å². The highest BCUT2D eigenvalue weighted by Gasteiger charge is 2.22. The van der Waals surface area contributed by atoms with E-state index in [4.69, 9.17) is 4.74 Å². The molecule has 0 aliphatic rings. The monoisotopic (exact) mass is 516 g/mol. The average molecular weight is 517 g/mol. The van der Waals surface area contributed by atoms with Crippen LogP contribution < -0.4 is 9.75 Å². The summed E-state index contributed by atoms with van der Waals surface area (Å²) in [5.74, 6) is 0.135. The number of hydrazone groups is 1. The molecule has 2 heterocycles. The molecule has 156 valence electrons. The van der Waals surface area contributed by atoms with Gasteiger partial charge in [-0.2, -0.15) is 10.1 Å². The zero-order valence-corrected chi connectivity index (χ0v) is 19.1. The highest BCUT2D eigenvalue weighted by molar-refractivity contribution is 9.10. The van der Waals surface area contributed by atoms with E-state index < -0.39 is 10.8 Å². The molecule has 0 N–H and O–H groups in total. The number of carbonyl (C=O) groups excluding carboxylic acids is 1. The molecule has 4 aromatic rings. The van der Waals surface area contributed by atoms with Crippen molar-refractivity contribution in [2.75, 3.05) is 12.1 Å². The second kappa shape index (κ2) is 8.92. The zero-order valence-electron chi connectivity index (χ0n) is 15.9. The third kappa shape index (κ3) is 4.63. The summed E-state index contributed by atoms with van der Waals surface area (Å²) in [6.45, 7) is 0. The number of thiophene rings is 1. The van der Waals surface area contributed by atoms with Crippen molar-refractivity contribution >= 4 is 71.1 Å². The molecule has 2 aromatic carbocycles. The van der Waals surface area contributed by atoms with E-state index in [1.165, 1.54) is 35.7 Å². The summed E-state index contributed by atoms with van der Waals surface area (Å²) in [7, 11) is 1.52. The quantitative estimate of drug-likeness (QED) is 0.185. The first kappa shape index (κ1) is 21.1. The molecule has 0 radical (unpaired) electrons. The second-order valence-corrected chi connectivity index (χ2v) is 9.15. The van der Waals surface area contributed by atoms with Gasteiger partial charge in [-0.3, -0.25) is 14.9 Å². The first-order valence-corrected chi connectivity index (χ1v) is 11.2. The molecule has 0 spiro atoms. The Hall–Kier alpha value is -3.15. The van der Waals surface area contributed by atoms with Gasteiger partial charge >= 0.3 is 5.00 Å². The maximum absolute atomic E-state index is 13.3. The SMILES string of the molecule is COc1cccc(C(=O)N(/N=C/c2ccc([N+](=O)[O-])s2)c2nc3ccc(Br)cc3s2)c1. The summed E-state index contributed by atoms with van der Waals surface area (Å²) in [6, 6.07) is 15.3. The number of rotatable bonds is 6. The van der Waals surface area contributed by atoms with Crippen molar-refractivity contribution in [2.24, 2.45) is 5.10 Å². The topological polar surface area (TPSA) is 97.9 Å². The Morgan fingerprint density at radius 2 is 2.06 bits per heavy atom. The highest BCUT2D eigenvalue weighted by atomic mass is 79.9. The van der Waals surface area contributed by atoms with Crippen molar-refractivity contribution in [3.05, 3.63) is 79.6 Å². The van der Waals surface area contributed by atoms with Crippen LogP contribution in [-0.2, 0) is 0 Å². The van der Waals surface area contributed by atoms with Crippen LogP contribution in [0.3, 0.4) is 0 Å². The number of anilines is 1. The number of amides is 1. The molecule has 31 heavy (non-hydrogen) atoms. The third-order valence-corrected chi connectivity index (χ3v) is 6.58. The van der Waals surface area contributed by atoms with E-state index in [9.17, 15) is 14.9 Å². The Labute approximate surface area is 192 Å². The number of hydrogen-bond donors (Lipinski definition) is 0. The number of halogens is 1. The van der Waals surface area contributed by atoms with Gasteiger partial charge in [-0.15, -0.1) is 0 Å². The minimum Gasteiger partial charge on any atom is -0.497 e. The number of nitrogens with zero attached hydrogens (tertiary/aromatic N) is 4. The normalized spacial score (nSPS) is 11.2. The van der Waals surface area contributed by atoms with Gasteiger partial charge in [0.05, 0.1) is 33.3 Å². The predicted octanol–water partition coefficient (Wildman–Crippen LogP) is 5.72. The van der Waals surface area contributed by atoms with Crippen LogP contribution in [0.1, 0.15) is 15.2 Å². The number of hydrogen-bond acceptors (Lipinski definition) is 8. The van der Waals surface area contributed by atoms with Crippen LogP contribution in [0.15, 0.2) is 64.2 Å². The molecular formula is C20H13BrN4O4S2. The molecule has 0 saturated heterocycles. The first-order valence-electron chi connectivity index (χ1n) is 8.77. The van der Waals surface area contributed by atoms with E-state index in [2.05, 4.69) is 26.0 Å².